The smallest absolute Gasteiger partial charge is 0.232 e. The van der Waals surface area contributed by atoms with E-state index in [2.05, 4.69) is 11.1 Å². The van der Waals surface area contributed by atoms with Crippen LogP contribution in [-0.2, 0) is 22.6 Å². The normalized spacial score (nSPS) is 19.8. The van der Waals surface area contributed by atoms with Gasteiger partial charge in [-0.25, -0.2) is 0 Å². The number of pyridine rings is 1. The van der Waals surface area contributed by atoms with Crippen LogP contribution in [0.5, 0.6) is 0 Å². The Hall–Kier alpha value is -2.69. The van der Waals surface area contributed by atoms with Crippen molar-refractivity contribution in [1.29, 1.82) is 0 Å². The van der Waals surface area contributed by atoms with Gasteiger partial charge < -0.3 is 9.80 Å². The Morgan fingerprint density at radius 2 is 2.00 bits per heavy atom. The van der Waals surface area contributed by atoms with Crippen molar-refractivity contribution in [3.05, 3.63) is 59.9 Å². The number of amides is 2. The lowest BCUT2D eigenvalue weighted by Crippen LogP contribution is -2.40. The van der Waals surface area contributed by atoms with Crippen LogP contribution in [0.3, 0.4) is 0 Å². The summed E-state index contributed by atoms with van der Waals surface area (Å²) in [5, 5.41) is 0. The molecule has 5 heteroatoms. The fourth-order valence-corrected chi connectivity index (χ4v) is 3.76. The molecule has 1 atom stereocenters. The second kappa shape index (κ2) is 6.67. The Labute approximate surface area is 147 Å². The fourth-order valence-electron chi connectivity index (χ4n) is 3.76. The van der Waals surface area contributed by atoms with Gasteiger partial charge in [0.15, 0.2) is 0 Å². The second-order valence-corrected chi connectivity index (χ2v) is 6.72. The van der Waals surface area contributed by atoms with E-state index in [1.807, 2.05) is 41.3 Å². The van der Waals surface area contributed by atoms with Gasteiger partial charge in [0.05, 0.1) is 18.2 Å². The minimum Gasteiger partial charge on any atom is -0.336 e. The highest BCUT2D eigenvalue weighted by atomic mass is 16.2. The van der Waals surface area contributed by atoms with Gasteiger partial charge >= 0.3 is 0 Å². The van der Waals surface area contributed by atoms with Crippen molar-refractivity contribution >= 4 is 17.5 Å². The first kappa shape index (κ1) is 15.8. The standard InChI is InChI=1S/C20H21N3O2/c24-19-12-16(13-22(19)14-17-8-3-4-10-21-17)20(25)23-11-5-7-15-6-1-2-9-18(15)23/h1-4,6,8-10,16H,5,7,11-14H2. The SMILES string of the molecule is O=C1CC(C(=O)N2CCCc3ccccc32)CN1Cc1ccccn1. The summed E-state index contributed by atoms with van der Waals surface area (Å²) in [6.07, 6.45) is 4.00. The van der Waals surface area contributed by atoms with Crippen molar-refractivity contribution < 1.29 is 9.59 Å². The monoisotopic (exact) mass is 335 g/mol. The van der Waals surface area contributed by atoms with Crippen LogP contribution in [0.4, 0.5) is 5.69 Å². The van der Waals surface area contributed by atoms with Gasteiger partial charge in [-0.05, 0) is 36.6 Å². The topological polar surface area (TPSA) is 53.5 Å². The van der Waals surface area contributed by atoms with Crippen molar-refractivity contribution in [3.8, 4) is 0 Å². The van der Waals surface area contributed by atoms with Crippen molar-refractivity contribution in [2.75, 3.05) is 18.0 Å². The highest BCUT2D eigenvalue weighted by molar-refractivity contribution is 5.99. The van der Waals surface area contributed by atoms with Crippen LogP contribution < -0.4 is 4.90 Å². The fraction of sp³-hybridized carbons (Fsp3) is 0.350. The van der Waals surface area contributed by atoms with Gasteiger partial charge in [-0.2, -0.15) is 0 Å². The van der Waals surface area contributed by atoms with Gasteiger partial charge in [0.2, 0.25) is 11.8 Å². The van der Waals surface area contributed by atoms with Crippen molar-refractivity contribution in [3.63, 3.8) is 0 Å². The lowest BCUT2D eigenvalue weighted by atomic mass is 9.99. The minimum atomic E-state index is -0.262. The van der Waals surface area contributed by atoms with Gasteiger partial charge in [-0.3, -0.25) is 14.6 Å². The number of likely N-dealkylation sites (tertiary alicyclic amines) is 1. The van der Waals surface area contributed by atoms with E-state index in [0.29, 0.717) is 19.5 Å². The maximum absolute atomic E-state index is 13.0. The average molecular weight is 335 g/mol. The van der Waals surface area contributed by atoms with Crippen molar-refractivity contribution in [2.45, 2.75) is 25.8 Å². The Bertz CT molecular complexity index is 791. The molecule has 1 aromatic heterocycles. The second-order valence-electron chi connectivity index (χ2n) is 6.72. The zero-order valence-corrected chi connectivity index (χ0v) is 14.1. The number of para-hydroxylation sites is 1. The molecule has 128 valence electrons. The summed E-state index contributed by atoms with van der Waals surface area (Å²) in [5.41, 5.74) is 3.08. The summed E-state index contributed by atoms with van der Waals surface area (Å²) in [7, 11) is 0. The number of aromatic nitrogens is 1. The molecule has 2 amide bonds. The Morgan fingerprint density at radius 1 is 1.16 bits per heavy atom. The Morgan fingerprint density at radius 3 is 2.84 bits per heavy atom. The Balaban J connectivity index is 1.48. The third kappa shape index (κ3) is 3.14. The van der Waals surface area contributed by atoms with Crippen molar-refractivity contribution in [1.82, 2.24) is 9.88 Å². The summed E-state index contributed by atoms with van der Waals surface area (Å²) in [5.74, 6) is -0.152. The van der Waals surface area contributed by atoms with Gasteiger partial charge in [0.25, 0.3) is 0 Å². The number of aryl methyl sites for hydroxylation is 1. The first-order valence-corrected chi connectivity index (χ1v) is 8.79. The van der Waals surface area contributed by atoms with Gasteiger partial charge in [0.1, 0.15) is 0 Å². The van der Waals surface area contributed by atoms with Crippen LogP contribution in [0, 0.1) is 5.92 Å². The molecule has 0 spiro atoms. The van der Waals surface area contributed by atoms with Crippen LogP contribution in [-0.4, -0.2) is 34.8 Å². The van der Waals surface area contributed by atoms with Gasteiger partial charge in [0, 0.05) is 31.4 Å². The molecule has 3 heterocycles. The van der Waals surface area contributed by atoms with E-state index in [-0.39, 0.29) is 17.7 Å². The number of hydrogen-bond acceptors (Lipinski definition) is 3. The third-order valence-electron chi connectivity index (χ3n) is 5.02. The number of nitrogens with zero attached hydrogens (tertiary/aromatic N) is 3. The molecule has 0 saturated carbocycles. The molecular formula is C20H21N3O2. The highest BCUT2D eigenvalue weighted by Crippen LogP contribution is 2.30. The molecule has 2 aliphatic heterocycles. The number of hydrogen-bond donors (Lipinski definition) is 0. The molecule has 2 aliphatic rings. The quantitative estimate of drug-likeness (QED) is 0.865. The van der Waals surface area contributed by atoms with E-state index in [1.54, 1.807) is 11.1 Å². The molecule has 1 unspecified atom stereocenters. The molecule has 0 aliphatic carbocycles. The molecule has 1 fully saturated rings. The summed E-state index contributed by atoms with van der Waals surface area (Å²) >= 11 is 0. The van der Waals surface area contributed by atoms with Crippen LogP contribution in [0.2, 0.25) is 0 Å². The number of rotatable bonds is 3. The molecule has 0 bridgehead atoms. The molecular weight excluding hydrogens is 314 g/mol. The maximum atomic E-state index is 13.0. The molecule has 0 radical (unpaired) electrons. The molecule has 5 nitrogen and oxygen atoms in total. The summed E-state index contributed by atoms with van der Waals surface area (Å²) in [6, 6.07) is 13.8. The summed E-state index contributed by atoms with van der Waals surface area (Å²) in [6.45, 7) is 1.69. The zero-order valence-electron chi connectivity index (χ0n) is 14.1. The van der Waals surface area contributed by atoms with Crippen molar-refractivity contribution in [2.24, 2.45) is 5.92 Å². The molecule has 1 aromatic carbocycles. The van der Waals surface area contributed by atoms with E-state index in [9.17, 15) is 9.59 Å². The molecule has 25 heavy (non-hydrogen) atoms. The minimum absolute atomic E-state index is 0.0364. The molecule has 1 saturated heterocycles. The van der Waals surface area contributed by atoms with Crippen LogP contribution in [0.15, 0.2) is 48.7 Å². The van der Waals surface area contributed by atoms with Gasteiger partial charge in [-0.15, -0.1) is 0 Å². The van der Waals surface area contributed by atoms with E-state index in [0.717, 1.165) is 30.8 Å². The highest BCUT2D eigenvalue weighted by Gasteiger charge is 2.37. The molecule has 4 rings (SSSR count). The van der Waals surface area contributed by atoms with E-state index < -0.39 is 0 Å². The Kier molecular flexibility index (Phi) is 4.22. The number of benzene rings is 1. The third-order valence-corrected chi connectivity index (χ3v) is 5.02. The van der Waals surface area contributed by atoms with E-state index >= 15 is 0 Å². The lowest BCUT2D eigenvalue weighted by molar-refractivity contribution is -0.129. The lowest BCUT2D eigenvalue weighted by Gasteiger charge is -2.31. The summed E-state index contributed by atoms with van der Waals surface area (Å²) < 4.78 is 0. The molecule has 2 aromatic rings. The zero-order chi connectivity index (χ0) is 17.2. The average Bonchev–Trinajstić information content (AvgIpc) is 3.02. The molecule has 0 N–H and O–H groups in total. The van der Waals surface area contributed by atoms with E-state index in [1.165, 1.54) is 5.56 Å². The van der Waals surface area contributed by atoms with Crippen LogP contribution >= 0.6 is 0 Å². The first-order chi connectivity index (χ1) is 12.2. The first-order valence-electron chi connectivity index (χ1n) is 8.79. The summed E-state index contributed by atoms with van der Waals surface area (Å²) in [4.78, 5) is 33.3. The predicted molar refractivity (Wildman–Crippen MR) is 94.9 cm³/mol. The number of carbonyl (C=O) groups excluding carboxylic acids is 2. The van der Waals surface area contributed by atoms with Gasteiger partial charge in [-0.1, -0.05) is 24.3 Å². The largest absolute Gasteiger partial charge is 0.336 e. The number of anilines is 1. The number of carbonyl (C=O) groups is 2. The van der Waals surface area contributed by atoms with Crippen LogP contribution in [0.25, 0.3) is 0 Å². The van der Waals surface area contributed by atoms with E-state index in [4.69, 9.17) is 0 Å². The maximum Gasteiger partial charge on any atom is 0.232 e. The number of fused-ring (bicyclic) bond motifs is 1. The predicted octanol–water partition coefficient (Wildman–Crippen LogP) is 2.41. The van der Waals surface area contributed by atoms with Crippen LogP contribution in [0.1, 0.15) is 24.1 Å².